The first-order valence-corrected chi connectivity index (χ1v) is 8.47. The fourth-order valence-corrected chi connectivity index (χ4v) is 3.04. The zero-order valence-corrected chi connectivity index (χ0v) is 14.1. The third kappa shape index (κ3) is 4.97. The Hall–Kier alpha value is -1.10. The minimum absolute atomic E-state index is 0.191. The van der Waals surface area contributed by atoms with E-state index in [0.717, 1.165) is 39.0 Å². The average molecular weight is 306 g/mol. The number of rotatable bonds is 7. The van der Waals surface area contributed by atoms with Crippen LogP contribution in [0.4, 0.5) is 5.69 Å². The van der Waals surface area contributed by atoms with Gasteiger partial charge in [0.25, 0.3) is 0 Å². The largest absolute Gasteiger partial charge is 0.393 e. The summed E-state index contributed by atoms with van der Waals surface area (Å²) in [6.45, 7) is 9.85. The van der Waals surface area contributed by atoms with Crippen LogP contribution in [-0.4, -0.2) is 43.1 Å². The Balaban J connectivity index is 1.94. The lowest BCUT2D eigenvalue weighted by Crippen LogP contribution is -2.46. The maximum absolute atomic E-state index is 9.61. The molecule has 4 heteroatoms. The minimum atomic E-state index is -0.191. The molecule has 3 atom stereocenters. The van der Waals surface area contributed by atoms with Gasteiger partial charge in [0.15, 0.2) is 0 Å². The molecule has 0 saturated carbocycles. The van der Waals surface area contributed by atoms with E-state index in [4.69, 9.17) is 4.74 Å². The Kier molecular flexibility index (Phi) is 6.68. The predicted molar refractivity (Wildman–Crippen MR) is 91.3 cm³/mol. The van der Waals surface area contributed by atoms with E-state index in [1.165, 1.54) is 11.3 Å². The van der Waals surface area contributed by atoms with Gasteiger partial charge in [-0.3, -0.25) is 0 Å². The standard InChI is InChI=1S/C18H30N2O2/c1-4-17(21)9-10-19-11-16-7-5-6-8-18(16)20-12-14(2)22-15(3)13-20/h5-8,14-15,17,19,21H,4,9-13H2,1-3H3. The molecule has 0 bridgehead atoms. The number of hydrogen-bond donors (Lipinski definition) is 2. The van der Waals surface area contributed by atoms with Crippen molar-refractivity contribution in [3.63, 3.8) is 0 Å². The summed E-state index contributed by atoms with van der Waals surface area (Å²) < 4.78 is 5.83. The number of hydrogen-bond acceptors (Lipinski definition) is 4. The van der Waals surface area contributed by atoms with Crippen molar-refractivity contribution in [3.05, 3.63) is 29.8 Å². The van der Waals surface area contributed by atoms with Crippen LogP contribution in [0.3, 0.4) is 0 Å². The van der Waals surface area contributed by atoms with E-state index in [-0.39, 0.29) is 18.3 Å². The molecule has 2 N–H and O–H groups in total. The van der Waals surface area contributed by atoms with Crippen molar-refractivity contribution in [2.45, 2.75) is 58.5 Å². The summed E-state index contributed by atoms with van der Waals surface area (Å²) in [5.74, 6) is 0. The highest BCUT2D eigenvalue weighted by Crippen LogP contribution is 2.24. The topological polar surface area (TPSA) is 44.7 Å². The Bertz CT molecular complexity index is 442. The molecule has 1 saturated heterocycles. The van der Waals surface area contributed by atoms with E-state index in [9.17, 15) is 5.11 Å². The first-order valence-electron chi connectivity index (χ1n) is 8.47. The summed E-state index contributed by atoms with van der Waals surface area (Å²) in [7, 11) is 0. The van der Waals surface area contributed by atoms with E-state index in [0.29, 0.717) is 0 Å². The number of nitrogens with zero attached hydrogens (tertiary/aromatic N) is 1. The molecule has 0 radical (unpaired) electrons. The molecule has 0 aromatic heterocycles. The van der Waals surface area contributed by atoms with Crippen LogP contribution in [0.15, 0.2) is 24.3 Å². The van der Waals surface area contributed by atoms with Gasteiger partial charge in [-0.25, -0.2) is 0 Å². The molecule has 4 nitrogen and oxygen atoms in total. The number of aliphatic hydroxyl groups is 1. The summed E-state index contributed by atoms with van der Waals surface area (Å²) in [6.07, 6.45) is 1.98. The Morgan fingerprint density at radius 3 is 2.64 bits per heavy atom. The summed E-state index contributed by atoms with van der Waals surface area (Å²) >= 11 is 0. The van der Waals surface area contributed by atoms with E-state index in [1.54, 1.807) is 0 Å². The first kappa shape index (κ1) is 17.3. The molecule has 0 aliphatic carbocycles. The lowest BCUT2D eigenvalue weighted by atomic mass is 10.1. The van der Waals surface area contributed by atoms with Crippen molar-refractivity contribution in [2.75, 3.05) is 24.5 Å². The molecular formula is C18H30N2O2. The van der Waals surface area contributed by atoms with Crippen molar-refractivity contribution < 1.29 is 9.84 Å². The fraction of sp³-hybridized carbons (Fsp3) is 0.667. The molecule has 1 aliphatic rings. The number of nitrogens with one attached hydrogen (secondary N) is 1. The van der Waals surface area contributed by atoms with Gasteiger partial charge in [0.05, 0.1) is 18.3 Å². The highest BCUT2D eigenvalue weighted by Gasteiger charge is 2.23. The molecule has 1 aromatic carbocycles. The van der Waals surface area contributed by atoms with Crippen LogP contribution in [0.2, 0.25) is 0 Å². The summed E-state index contributed by atoms with van der Waals surface area (Å²) in [5.41, 5.74) is 2.61. The number of ether oxygens (including phenoxy) is 1. The van der Waals surface area contributed by atoms with Crippen molar-refractivity contribution in [1.82, 2.24) is 5.32 Å². The van der Waals surface area contributed by atoms with E-state index in [1.807, 2.05) is 6.92 Å². The molecule has 0 amide bonds. The second-order valence-electron chi connectivity index (χ2n) is 6.32. The van der Waals surface area contributed by atoms with Crippen molar-refractivity contribution in [3.8, 4) is 0 Å². The second-order valence-corrected chi connectivity index (χ2v) is 6.32. The summed E-state index contributed by atoms with van der Waals surface area (Å²) in [4.78, 5) is 2.43. The molecule has 2 rings (SSSR count). The Labute approximate surface area is 134 Å². The van der Waals surface area contributed by atoms with Crippen molar-refractivity contribution in [2.24, 2.45) is 0 Å². The molecule has 22 heavy (non-hydrogen) atoms. The van der Waals surface area contributed by atoms with E-state index in [2.05, 4.69) is 48.3 Å². The Morgan fingerprint density at radius 2 is 1.95 bits per heavy atom. The zero-order chi connectivity index (χ0) is 15.9. The fourth-order valence-electron chi connectivity index (χ4n) is 3.04. The van der Waals surface area contributed by atoms with Crippen LogP contribution in [0, 0.1) is 0 Å². The third-order valence-corrected chi connectivity index (χ3v) is 4.19. The summed E-state index contributed by atoms with van der Waals surface area (Å²) in [5, 5.41) is 13.1. The van der Waals surface area contributed by atoms with Gasteiger partial charge < -0.3 is 20.1 Å². The van der Waals surface area contributed by atoms with E-state index >= 15 is 0 Å². The molecule has 0 spiro atoms. The van der Waals surface area contributed by atoms with Gasteiger partial charge in [-0.1, -0.05) is 25.1 Å². The van der Waals surface area contributed by atoms with Crippen LogP contribution in [-0.2, 0) is 11.3 Å². The van der Waals surface area contributed by atoms with Crippen LogP contribution < -0.4 is 10.2 Å². The van der Waals surface area contributed by atoms with Gasteiger partial charge in [0.1, 0.15) is 0 Å². The number of para-hydroxylation sites is 1. The van der Waals surface area contributed by atoms with Gasteiger partial charge in [-0.05, 0) is 44.9 Å². The maximum Gasteiger partial charge on any atom is 0.0726 e. The minimum Gasteiger partial charge on any atom is -0.393 e. The molecule has 3 unspecified atom stereocenters. The Morgan fingerprint density at radius 1 is 1.27 bits per heavy atom. The quantitative estimate of drug-likeness (QED) is 0.760. The van der Waals surface area contributed by atoms with Gasteiger partial charge in [-0.2, -0.15) is 0 Å². The number of anilines is 1. The van der Waals surface area contributed by atoms with Crippen molar-refractivity contribution >= 4 is 5.69 Å². The third-order valence-electron chi connectivity index (χ3n) is 4.19. The number of benzene rings is 1. The molecule has 1 heterocycles. The SMILES string of the molecule is CCC(O)CCNCc1ccccc1N1CC(C)OC(C)C1. The van der Waals surface area contributed by atoms with Gasteiger partial charge in [0.2, 0.25) is 0 Å². The second kappa shape index (κ2) is 8.51. The number of aliphatic hydroxyl groups excluding tert-OH is 1. The summed E-state index contributed by atoms with van der Waals surface area (Å²) in [6, 6.07) is 8.57. The first-order chi connectivity index (χ1) is 10.6. The van der Waals surface area contributed by atoms with E-state index < -0.39 is 0 Å². The molecule has 124 valence electrons. The van der Waals surface area contributed by atoms with Crippen molar-refractivity contribution in [1.29, 1.82) is 0 Å². The molecule has 1 fully saturated rings. The normalized spacial score (nSPS) is 23.5. The smallest absolute Gasteiger partial charge is 0.0726 e. The lowest BCUT2D eigenvalue weighted by molar-refractivity contribution is -0.00526. The van der Waals surface area contributed by atoms with Crippen LogP contribution in [0.1, 0.15) is 39.2 Å². The van der Waals surface area contributed by atoms with Gasteiger partial charge in [-0.15, -0.1) is 0 Å². The molecule has 1 aliphatic heterocycles. The predicted octanol–water partition coefficient (Wildman–Crippen LogP) is 2.55. The van der Waals surface area contributed by atoms with Crippen LogP contribution in [0.25, 0.3) is 0 Å². The molecular weight excluding hydrogens is 276 g/mol. The maximum atomic E-state index is 9.61. The van der Waals surface area contributed by atoms with Gasteiger partial charge in [0, 0.05) is 25.3 Å². The zero-order valence-electron chi connectivity index (χ0n) is 14.1. The lowest BCUT2D eigenvalue weighted by Gasteiger charge is -2.37. The van der Waals surface area contributed by atoms with Crippen LogP contribution in [0.5, 0.6) is 0 Å². The molecule has 1 aromatic rings. The average Bonchev–Trinajstić information content (AvgIpc) is 2.50. The highest BCUT2D eigenvalue weighted by molar-refractivity contribution is 5.54. The highest BCUT2D eigenvalue weighted by atomic mass is 16.5. The number of morpholine rings is 1. The van der Waals surface area contributed by atoms with Gasteiger partial charge >= 0.3 is 0 Å². The van der Waals surface area contributed by atoms with Crippen LogP contribution >= 0.6 is 0 Å². The monoisotopic (exact) mass is 306 g/mol.